The third-order valence-corrected chi connectivity index (χ3v) is 5.12. The van der Waals surface area contributed by atoms with E-state index in [1.807, 2.05) is 0 Å². The normalized spacial score (nSPS) is 22.2. The van der Waals surface area contributed by atoms with Gasteiger partial charge in [0.1, 0.15) is 10.9 Å². The minimum atomic E-state index is -3.79. The third-order valence-electron chi connectivity index (χ3n) is 2.91. The molecule has 0 bridgehead atoms. The molecule has 19 heavy (non-hydrogen) atoms. The first-order valence-electron chi connectivity index (χ1n) is 5.61. The van der Waals surface area contributed by atoms with Crippen molar-refractivity contribution in [2.45, 2.75) is 17.9 Å². The first-order chi connectivity index (χ1) is 8.87. The van der Waals surface area contributed by atoms with Crippen molar-refractivity contribution in [3.8, 4) is 0 Å². The minimum Gasteiger partial charge on any atom is -0.323 e. The molecule has 1 aromatic rings. The Morgan fingerprint density at radius 3 is 2.84 bits per heavy atom. The number of anilines is 1. The van der Waals surface area contributed by atoms with Gasteiger partial charge in [-0.2, -0.15) is 4.31 Å². The predicted molar refractivity (Wildman–Crippen MR) is 73.6 cm³/mol. The standard InChI is InChI=1S/C12H13ClN2O3S/c1-3-6-15-8(2)12(16)14-10-5-4-9(13)7-11(10)19(15,17)18/h3-5,7-8H,1,6H2,2H3,(H,14,16). The van der Waals surface area contributed by atoms with Crippen LogP contribution in [0.5, 0.6) is 0 Å². The molecule has 1 atom stereocenters. The highest BCUT2D eigenvalue weighted by atomic mass is 35.5. The van der Waals surface area contributed by atoms with E-state index in [2.05, 4.69) is 11.9 Å². The van der Waals surface area contributed by atoms with Gasteiger partial charge in [0.25, 0.3) is 0 Å². The molecular formula is C12H13ClN2O3S. The molecule has 0 spiro atoms. The highest BCUT2D eigenvalue weighted by molar-refractivity contribution is 7.89. The fourth-order valence-electron chi connectivity index (χ4n) is 1.90. The maximum absolute atomic E-state index is 12.5. The first-order valence-corrected chi connectivity index (χ1v) is 7.43. The summed E-state index contributed by atoms with van der Waals surface area (Å²) in [6.45, 7) is 5.11. The van der Waals surface area contributed by atoms with Crippen LogP contribution in [0.25, 0.3) is 0 Å². The summed E-state index contributed by atoms with van der Waals surface area (Å²) in [5, 5.41) is 2.89. The number of nitrogens with one attached hydrogen (secondary N) is 1. The van der Waals surface area contributed by atoms with Crippen molar-refractivity contribution in [1.29, 1.82) is 0 Å². The molecule has 1 N–H and O–H groups in total. The van der Waals surface area contributed by atoms with Gasteiger partial charge < -0.3 is 5.32 Å². The zero-order valence-corrected chi connectivity index (χ0v) is 11.8. The van der Waals surface area contributed by atoms with Crippen LogP contribution in [-0.4, -0.2) is 31.2 Å². The zero-order chi connectivity index (χ0) is 14.2. The molecule has 5 nitrogen and oxygen atoms in total. The average molecular weight is 301 g/mol. The van der Waals surface area contributed by atoms with E-state index in [-0.39, 0.29) is 23.0 Å². The second kappa shape index (κ2) is 4.96. The molecule has 0 saturated carbocycles. The topological polar surface area (TPSA) is 66.5 Å². The molecule has 1 aromatic carbocycles. The van der Waals surface area contributed by atoms with Gasteiger partial charge in [-0.3, -0.25) is 4.79 Å². The fraction of sp³-hybridized carbons (Fsp3) is 0.250. The van der Waals surface area contributed by atoms with Gasteiger partial charge in [0.2, 0.25) is 15.9 Å². The maximum atomic E-state index is 12.5. The monoisotopic (exact) mass is 300 g/mol. The number of carbonyl (C=O) groups excluding carboxylic acids is 1. The zero-order valence-electron chi connectivity index (χ0n) is 10.3. The van der Waals surface area contributed by atoms with Crippen LogP contribution in [0.2, 0.25) is 5.02 Å². The molecule has 1 aliphatic heterocycles. The number of amides is 1. The summed E-state index contributed by atoms with van der Waals surface area (Å²) < 4.78 is 26.2. The Morgan fingerprint density at radius 2 is 2.21 bits per heavy atom. The number of benzene rings is 1. The molecule has 0 radical (unpaired) electrons. The van der Waals surface area contributed by atoms with Crippen LogP contribution < -0.4 is 5.32 Å². The number of carbonyl (C=O) groups is 1. The largest absolute Gasteiger partial charge is 0.323 e. The van der Waals surface area contributed by atoms with Gasteiger partial charge in [0.15, 0.2) is 0 Å². The predicted octanol–water partition coefficient (Wildman–Crippen LogP) is 1.86. The molecule has 7 heteroatoms. The lowest BCUT2D eigenvalue weighted by Crippen LogP contribution is -2.43. The summed E-state index contributed by atoms with van der Waals surface area (Å²) in [6.07, 6.45) is 1.44. The van der Waals surface area contributed by atoms with E-state index >= 15 is 0 Å². The molecule has 1 amide bonds. The number of sulfonamides is 1. The Kier molecular flexibility index (Phi) is 3.66. The molecule has 0 fully saturated rings. The molecule has 0 aliphatic carbocycles. The van der Waals surface area contributed by atoms with Crippen LogP contribution in [0.1, 0.15) is 6.92 Å². The molecule has 1 aliphatic rings. The van der Waals surface area contributed by atoms with Gasteiger partial charge in [-0.25, -0.2) is 8.42 Å². The van der Waals surface area contributed by atoms with Gasteiger partial charge in [0.05, 0.1) is 5.69 Å². The van der Waals surface area contributed by atoms with E-state index in [1.54, 1.807) is 0 Å². The van der Waals surface area contributed by atoms with Crippen molar-refractivity contribution in [1.82, 2.24) is 4.31 Å². The van der Waals surface area contributed by atoms with Crippen LogP contribution in [0, 0.1) is 0 Å². The van der Waals surface area contributed by atoms with Crippen molar-refractivity contribution in [2.75, 3.05) is 11.9 Å². The number of halogens is 1. The van der Waals surface area contributed by atoms with Gasteiger partial charge in [-0.05, 0) is 25.1 Å². The Balaban J connectivity index is 2.68. The van der Waals surface area contributed by atoms with Crippen molar-refractivity contribution in [3.05, 3.63) is 35.9 Å². The number of hydrogen-bond acceptors (Lipinski definition) is 3. The van der Waals surface area contributed by atoms with E-state index < -0.39 is 16.1 Å². The molecule has 1 unspecified atom stereocenters. The molecule has 2 rings (SSSR count). The van der Waals surface area contributed by atoms with E-state index in [9.17, 15) is 13.2 Å². The quantitative estimate of drug-likeness (QED) is 0.848. The Hall–Kier alpha value is -1.37. The van der Waals surface area contributed by atoms with E-state index in [0.717, 1.165) is 4.31 Å². The molecular weight excluding hydrogens is 288 g/mol. The van der Waals surface area contributed by atoms with Gasteiger partial charge in [-0.15, -0.1) is 6.58 Å². The molecule has 102 valence electrons. The lowest BCUT2D eigenvalue weighted by atomic mass is 10.2. The summed E-state index contributed by atoms with van der Waals surface area (Å²) in [6, 6.07) is 3.54. The summed E-state index contributed by atoms with van der Waals surface area (Å²) in [5.74, 6) is -0.383. The van der Waals surface area contributed by atoms with Crippen molar-refractivity contribution >= 4 is 33.2 Å². The number of hydrogen-bond donors (Lipinski definition) is 1. The van der Waals surface area contributed by atoms with Crippen LogP contribution in [0.15, 0.2) is 35.7 Å². The lowest BCUT2D eigenvalue weighted by Gasteiger charge is -2.23. The van der Waals surface area contributed by atoms with Crippen molar-refractivity contribution < 1.29 is 13.2 Å². The van der Waals surface area contributed by atoms with Gasteiger partial charge in [0, 0.05) is 11.6 Å². The number of nitrogens with zero attached hydrogens (tertiary/aromatic N) is 1. The Labute approximate surface area is 116 Å². The van der Waals surface area contributed by atoms with E-state index in [4.69, 9.17) is 11.6 Å². The second-order valence-electron chi connectivity index (χ2n) is 4.17. The maximum Gasteiger partial charge on any atom is 0.246 e. The SMILES string of the molecule is C=CCN1C(C)C(=O)Nc2ccc(Cl)cc2S1(=O)=O. The van der Waals surface area contributed by atoms with E-state index in [1.165, 1.54) is 31.2 Å². The highest BCUT2D eigenvalue weighted by Crippen LogP contribution is 2.31. The van der Waals surface area contributed by atoms with E-state index in [0.29, 0.717) is 5.02 Å². The Morgan fingerprint density at radius 1 is 1.53 bits per heavy atom. The average Bonchev–Trinajstić information content (AvgIpc) is 2.41. The summed E-state index contributed by atoms with van der Waals surface area (Å²) >= 11 is 5.84. The van der Waals surface area contributed by atoms with Crippen LogP contribution >= 0.6 is 11.6 Å². The van der Waals surface area contributed by atoms with Crippen LogP contribution in [-0.2, 0) is 14.8 Å². The summed E-state index contributed by atoms with van der Waals surface area (Å²) in [7, 11) is -3.79. The van der Waals surface area contributed by atoms with Crippen molar-refractivity contribution in [2.24, 2.45) is 0 Å². The second-order valence-corrected chi connectivity index (χ2v) is 6.46. The minimum absolute atomic E-state index is 0.000417. The van der Waals surface area contributed by atoms with Crippen LogP contribution in [0.4, 0.5) is 5.69 Å². The van der Waals surface area contributed by atoms with Crippen LogP contribution in [0.3, 0.4) is 0 Å². The fourth-order valence-corrected chi connectivity index (χ4v) is 3.87. The molecule has 0 aromatic heterocycles. The third kappa shape index (κ3) is 2.39. The smallest absolute Gasteiger partial charge is 0.246 e. The highest BCUT2D eigenvalue weighted by Gasteiger charge is 2.37. The summed E-state index contributed by atoms with van der Waals surface area (Å²) in [4.78, 5) is 11.9. The number of fused-ring (bicyclic) bond motifs is 1. The molecule has 1 heterocycles. The van der Waals surface area contributed by atoms with Crippen molar-refractivity contribution in [3.63, 3.8) is 0 Å². The first kappa shape index (κ1) is 14.0. The Bertz CT molecular complexity index is 642. The summed E-state index contributed by atoms with van der Waals surface area (Å²) in [5.41, 5.74) is 0.243. The lowest BCUT2D eigenvalue weighted by molar-refractivity contribution is -0.119. The molecule has 0 saturated heterocycles. The van der Waals surface area contributed by atoms with Gasteiger partial charge in [-0.1, -0.05) is 17.7 Å². The van der Waals surface area contributed by atoms with Gasteiger partial charge >= 0.3 is 0 Å². The number of rotatable bonds is 2.